The fourth-order valence-electron chi connectivity index (χ4n) is 2.61. The van der Waals surface area contributed by atoms with E-state index in [0.29, 0.717) is 6.04 Å². The minimum atomic E-state index is -0.0910. The molecule has 2 unspecified atom stereocenters. The van der Waals surface area contributed by atoms with Gasteiger partial charge in [-0.2, -0.15) is 0 Å². The van der Waals surface area contributed by atoms with Gasteiger partial charge >= 0.3 is 0 Å². The average molecular weight is 267 g/mol. The molecule has 6 heteroatoms. The number of rotatable bonds is 5. The van der Waals surface area contributed by atoms with Crippen LogP contribution in [0.4, 0.5) is 0 Å². The number of ether oxygens (including phenoxy) is 1. The molecular formula is C13H25N5O. The zero-order chi connectivity index (χ0) is 13.9. The second-order valence-electron chi connectivity index (χ2n) is 5.91. The van der Waals surface area contributed by atoms with E-state index < -0.39 is 0 Å². The molecule has 1 fully saturated rings. The lowest BCUT2D eigenvalue weighted by atomic mass is 9.94. The van der Waals surface area contributed by atoms with Crippen LogP contribution in [0.5, 0.6) is 0 Å². The highest BCUT2D eigenvalue weighted by Gasteiger charge is 2.32. The number of hydrogen-bond donors (Lipinski definition) is 1. The van der Waals surface area contributed by atoms with Crippen LogP contribution >= 0.6 is 0 Å². The standard InChI is InChI=1S/C13H25N5O/c1-5-7-14-10(2)12-15-16-17-18(12)11-6-8-19-13(3,4)9-11/h10-11,14H,5-9H2,1-4H3. The lowest BCUT2D eigenvalue weighted by molar-refractivity contribution is -0.0715. The van der Waals surface area contributed by atoms with Gasteiger partial charge in [-0.1, -0.05) is 6.92 Å². The highest BCUT2D eigenvalue weighted by Crippen LogP contribution is 2.32. The van der Waals surface area contributed by atoms with Crippen LogP contribution < -0.4 is 5.32 Å². The van der Waals surface area contributed by atoms with Gasteiger partial charge < -0.3 is 10.1 Å². The summed E-state index contributed by atoms with van der Waals surface area (Å²) < 4.78 is 7.75. The molecule has 1 aliphatic heterocycles. The molecule has 0 saturated carbocycles. The van der Waals surface area contributed by atoms with E-state index in [-0.39, 0.29) is 11.6 Å². The maximum absolute atomic E-state index is 5.76. The van der Waals surface area contributed by atoms with E-state index in [2.05, 4.69) is 48.5 Å². The zero-order valence-electron chi connectivity index (χ0n) is 12.4. The summed E-state index contributed by atoms with van der Waals surface area (Å²) in [5.41, 5.74) is -0.0910. The normalized spacial score (nSPS) is 24.3. The van der Waals surface area contributed by atoms with E-state index in [1.807, 2.05) is 4.68 Å². The van der Waals surface area contributed by atoms with Crippen LogP contribution in [-0.2, 0) is 4.74 Å². The van der Waals surface area contributed by atoms with E-state index in [1.165, 1.54) is 0 Å². The minimum absolute atomic E-state index is 0.0910. The van der Waals surface area contributed by atoms with Crippen molar-refractivity contribution in [2.24, 2.45) is 0 Å². The fraction of sp³-hybridized carbons (Fsp3) is 0.923. The van der Waals surface area contributed by atoms with Gasteiger partial charge in [-0.15, -0.1) is 5.10 Å². The summed E-state index contributed by atoms with van der Waals surface area (Å²) in [6.45, 7) is 10.3. The van der Waals surface area contributed by atoms with Crippen LogP contribution in [0.25, 0.3) is 0 Å². The SMILES string of the molecule is CCCNC(C)c1nnnn1C1CCOC(C)(C)C1. The molecule has 1 aromatic heterocycles. The molecule has 1 aliphatic rings. The van der Waals surface area contributed by atoms with Crippen LogP contribution in [0.1, 0.15) is 64.9 Å². The Hall–Kier alpha value is -1.01. The summed E-state index contributed by atoms with van der Waals surface area (Å²) in [7, 11) is 0. The smallest absolute Gasteiger partial charge is 0.168 e. The topological polar surface area (TPSA) is 64.9 Å². The molecule has 0 radical (unpaired) electrons. The summed E-state index contributed by atoms with van der Waals surface area (Å²) in [6, 6.07) is 0.514. The van der Waals surface area contributed by atoms with Gasteiger partial charge in [0.2, 0.25) is 0 Å². The lowest BCUT2D eigenvalue weighted by Crippen LogP contribution is -2.36. The highest BCUT2D eigenvalue weighted by atomic mass is 16.5. The molecule has 1 N–H and O–H groups in total. The Morgan fingerprint density at radius 1 is 1.53 bits per heavy atom. The van der Waals surface area contributed by atoms with Crippen molar-refractivity contribution in [3.63, 3.8) is 0 Å². The Labute approximate surface area is 114 Å². The lowest BCUT2D eigenvalue weighted by Gasteiger charge is -2.35. The maximum Gasteiger partial charge on any atom is 0.168 e. The van der Waals surface area contributed by atoms with Crippen molar-refractivity contribution in [3.05, 3.63) is 5.82 Å². The molecule has 108 valence electrons. The molecular weight excluding hydrogens is 242 g/mol. The molecule has 0 spiro atoms. The number of aromatic nitrogens is 4. The van der Waals surface area contributed by atoms with Gasteiger partial charge in [0.15, 0.2) is 5.82 Å². The molecule has 1 aromatic rings. The van der Waals surface area contributed by atoms with Gasteiger partial charge in [-0.05, 0) is 57.0 Å². The molecule has 2 rings (SSSR count). The second kappa shape index (κ2) is 5.96. The average Bonchev–Trinajstić information content (AvgIpc) is 2.84. The van der Waals surface area contributed by atoms with E-state index in [1.54, 1.807) is 0 Å². The van der Waals surface area contributed by atoms with Crippen LogP contribution in [0.3, 0.4) is 0 Å². The van der Waals surface area contributed by atoms with Crippen LogP contribution in [0.2, 0.25) is 0 Å². The third-order valence-corrected chi connectivity index (χ3v) is 3.62. The molecule has 0 aliphatic carbocycles. The first-order valence-corrected chi connectivity index (χ1v) is 7.18. The molecule has 2 heterocycles. The van der Waals surface area contributed by atoms with Gasteiger partial charge in [0.1, 0.15) is 0 Å². The number of nitrogens with one attached hydrogen (secondary N) is 1. The second-order valence-corrected chi connectivity index (χ2v) is 5.91. The number of tetrazole rings is 1. The number of nitrogens with zero attached hydrogens (tertiary/aromatic N) is 4. The Balaban J connectivity index is 2.10. The summed E-state index contributed by atoms with van der Waals surface area (Å²) in [6.07, 6.45) is 3.03. The Bertz CT molecular complexity index is 403. The predicted molar refractivity (Wildman–Crippen MR) is 72.8 cm³/mol. The summed E-state index contributed by atoms with van der Waals surface area (Å²) >= 11 is 0. The van der Waals surface area contributed by atoms with Crippen molar-refractivity contribution in [3.8, 4) is 0 Å². The van der Waals surface area contributed by atoms with Crippen LogP contribution in [0, 0.1) is 0 Å². The monoisotopic (exact) mass is 267 g/mol. The fourth-order valence-corrected chi connectivity index (χ4v) is 2.61. The van der Waals surface area contributed by atoms with Crippen molar-refractivity contribution in [2.75, 3.05) is 13.2 Å². The van der Waals surface area contributed by atoms with Gasteiger partial charge in [-0.3, -0.25) is 0 Å². The van der Waals surface area contributed by atoms with Gasteiger partial charge in [0, 0.05) is 6.61 Å². The maximum atomic E-state index is 5.76. The summed E-state index contributed by atoms with van der Waals surface area (Å²) in [5.74, 6) is 0.927. The summed E-state index contributed by atoms with van der Waals surface area (Å²) in [5, 5.41) is 15.7. The molecule has 0 amide bonds. The van der Waals surface area contributed by atoms with E-state index in [0.717, 1.165) is 38.2 Å². The highest BCUT2D eigenvalue weighted by molar-refractivity contribution is 4.94. The Morgan fingerprint density at radius 3 is 3.00 bits per heavy atom. The molecule has 1 saturated heterocycles. The predicted octanol–water partition coefficient (Wildman–Crippen LogP) is 1.86. The van der Waals surface area contributed by atoms with E-state index in [4.69, 9.17) is 4.74 Å². The van der Waals surface area contributed by atoms with Gasteiger partial charge in [-0.25, -0.2) is 4.68 Å². The Morgan fingerprint density at radius 2 is 2.32 bits per heavy atom. The Kier molecular flexibility index (Phi) is 4.52. The number of hydrogen-bond acceptors (Lipinski definition) is 5. The first-order chi connectivity index (χ1) is 9.03. The quantitative estimate of drug-likeness (QED) is 0.882. The first kappa shape index (κ1) is 14.4. The summed E-state index contributed by atoms with van der Waals surface area (Å²) in [4.78, 5) is 0. The molecule has 19 heavy (non-hydrogen) atoms. The van der Waals surface area contributed by atoms with Crippen LogP contribution in [0.15, 0.2) is 0 Å². The van der Waals surface area contributed by atoms with Crippen LogP contribution in [-0.4, -0.2) is 39.0 Å². The van der Waals surface area contributed by atoms with Crippen molar-refractivity contribution < 1.29 is 4.74 Å². The largest absolute Gasteiger partial charge is 0.375 e. The van der Waals surface area contributed by atoms with E-state index in [9.17, 15) is 0 Å². The van der Waals surface area contributed by atoms with Crippen molar-refractivity contribution in [1.29, 1.82) is 0 Å². The third-order valence-electron chi connectivity index (χ3n) is 3.62. The molecule has 0 aromatic carbocycles. The molecule has 6 nitrogen and oxygen atoms in total. The first-order valence-electron chi connectivity index (χ1n) is 7.18. The van der Waals surface area contributed by atoms with Crippen molar-refractivity contribution in [1.82, 2.24) is 25.5 Å². The third kappa shape index (κ3) is 3.51. The van der Waals surface area contributed by atoms with Gasteiger partial charge in [0.05, 0.1) is 17.7 Å². The zero-order valence-corrected chi connectivity index (χ0v) is 12.4. The van der Waals surface area contributed by atoms with E-state index >= 15 is 0 Å². The van der Waals surface area contributed by atoms with Crippen molar-refractivity contribution in [2.45, 2.75) is 64.6 Å². The minimum Gasteiger partial charge on any atom is -0.375 e. The van der Waals surface area contributed by atoms with Gasteiger partial charge in [0.25, 0.3) is 0 Å². The van der Waals surface area contributed by atoms with Crippen molar-refractivity contribution >= 4 is 0 Å². The molecule has 2 atom stereocenters. The molecule has 0 bridgehead atoms.